The standard InChI is InChI=1S/C17H29N3/c1-12(2)6-15-11-20(17(10-19-15)13(3)4)16-7-14(5)8-18-9-16/h7-9,12-13,15,17,19H,6,10-11H2,1-5H3. The van der Waals surface area contributed by atoms with Crippen molar-refractivity contribution in [1.29, 1.82) is 0 Å². The molecule has 0 aromatic carbocycles. The first-order valence-corrected chi connectivity index (χ1v) is 7.89. The minimum absolute atomic E-state index is 0.557. The lowest BCUT2D eigenvalue weighted by molar-refractivity contribution is 0.310. The summed E-state index contributed by atoms with van der Waals surface area (Å²) in [7, 11) is 0. The summed E-state index contributed by atoms with van der Waals surface area (Å²) in [4.78, 5) is 6.94. The van der Waals surface area contributed by atoms with E-state index in [9.17, 15) is 0 Å². The average Bonchev–Trinajstić information content (AvgIpc) is 2.37. The van der Waals surface area contributed by atoms with Crippen LogP contribution in [0.4, 0.5) is 5.69 Å². The Balaban J connectivity index is 2.18. The fourth-order valence-electron chi connectivity index (χ4n) is 3.15. The number of aryl methyl sites for hydroxylation is 1. The lowest BCUT2D eigenvalue weighted by atomic mass is 9.94. The molecule has 1 aromatic rings. The van der Waals surface area contributed by atoms with Crippen molar-refractivity contribution in [2.75, 3.05) is 18.0 Å². The minimum Gasteiger partial charge on any atom is -0.364 e. The van der Waals surface area contributed by atoms with E-state index in [0.717, 1.165) is 19.0 Å². The summed E-state index contributed by atoms with van der Waals surface area (Å²) in [6.07, 6.45) is 5.18. The maximum Gasteiger partial charge on any atom is 0.0558 e. The van der Waals surface area contributed by atoms with Crippen molar-refractivity contribution >= 4 is 5.69 Å². The van der Waals surface area contributed by atoms with Gasteiger partial charge in [-0.15, -0.1) is 0 Å². The Morgan fingerprint density at radius 2 is 2.05 bits per heavy atom. The van der Waals surface area contributed by atoms with Crippen molar-refractivity contribution in [1.82, 2.24) is 10.3 Å². The molecular formula is C17H29N3. The second kappa shape index (κ2) is 6.57. The van der Waals surface area contributed by atoms with E-state index < -0.39 is 0 Å². The maximum absolute atomic E-state index is 4.38. The average molecular weight is 275 g/mol. The summed E-state index contributed by atoms with van der Waals surface area (Å²) in [5.74, 6) is 1.38. The molecule has 1 saturated heterocycles. The van der Waals surface area contributed by atoms with Gasteiger partial charge in [0.2, 0.25) is 0 Å². The second-order valence-corrected chi connectivity index (χ2v) is 6.92. The van der Waals surface area contributed by atoms with Crippen LogP contribution in [0.3, 0.4) is 0 Å². The van der Waals surface area contributed by atoms with Crippen LogP contribution in [0.1, 0.15) is 39.7 Å². The Kier molecular flexibility index (Phi) is 5.03. The fraction of sp³-hybridized carbons (Fsp3) is 0.706. The maximum atomic E-state index is 4.38. The van der Waals surface area contributed by atoms with Crippen molar-refractivity contribution < 1.29 is 0 Å². The molecule has 1 fully saturated rings. The zero-order valence-electron chi connectivity index (χ0n) is 13.6. The van der Waals surface area contributed by atoms with Gasteiger partial charge >= 0.3 is 0 Å². The molecule has 0 amide bonds. The number of hydrogen-bond acceptors (Lipinski definition) is 3. The Bertz CT molecular complexity index is 428. The molecule has 2 atom stereocenters. The molecule has 0 aliphatic carbocycles. The molecule has 1 aliphatic heterocycles. The van der Waals surface area contributed by atoms with Crippen molar-refractivity contribution in [3.05, 3.63) is 24.0 Å². The van der Waals surface area contributed by atoms with E-state index in [1.54, 1.807) is 0 Å². The molecule has 1 aromatic heterocycles. The van der Waals surface area contributed by atoms with E-state index in [1.165, 1.54) is 17.7 Å². The summed E-state index contributed by atoms with van der Waals surface area (Å²) in [5.41, 5.74) is 2.52. The fourth-order valence-corrected chi connectivity index (χ4v) is 3.15. The van der Waals surface area contributed by atoms with Gasteiger partial charge < -0.3 is 10.2 Å². The van der Waals surface area contributed by atoms with Gasteiger partial charge in [0.1, 0.15) is 0 Å². The third-order valence-corrected chi connectivity index (χ3v) is 4.15. The molecule has 20 heavy (non-hydrogen) atoms. The third kappa shape index (κ3) is 3.72. The van der Waals surface area contributed by atoms with Crippen LogP contribution in [0.25, 0.3) is 0 Å². The third-order valence-electron chi connectivity index (χ3n) is 4.15. The highest BCUT2D eigenvalue weighted by atomic mass is 15.2. The van der Waals surface area contributed by atoms with Crippen LogP contribution in [0.5, 0.6) is 0 Å². The van der Waals surface area contributed by atoms with Crippen LogP contribution in [0.15, 0.2) is 18.5 Å². The number of hydrogen-bond donors (Lipinski definition) is 1. The van der Waals surface area contributed by atoms with Crippen molar-refractivity contribution in [2.24, 2.45) is 11.8 Å². The number of anilines is 1. The molecular weight excluding hydrogens is 246 g/mol. The Morgan fingerprint density at radius 1 is 1.30 bits per heavy atom. The number of aromatic nitrogens is 1. The van der Waals surface area contributed by atoms with Crippen LogP contribution in [0, 0.1) is 18.8 Å². The molecule has 0 saturated carbocycles. The molecule has 2 rings (SSSR count). The van der Waals surface area contributed by atoms with E-state index in [1.807, 2.05) is 12.4 Å². The van der Waals surface area contributed by atoms with Crippen LogP contribution in [-0.2, 0) is 0 Å². The van der Waals surface area contributed by atoms with E-state index >= 15 is 0 Å². The highest BCUT2D eigenvalue weighted by Gasteiger charge is 2.30. The van der Waals surface area contributed by atoms with Gasteiger partial charge in [-0.1, -0.05) is 27.7 Å². The van der Waals surface area contributed by atoms with Gasteiger partial charge in [-0.2, -0.15) is 0 Å². The lowest BCUT2D eigenvalue weighted by Gasteiger charge is -2.44. The molecule has 1 N–H and O–H groups in total. The molecule has 3 heteroatoms. The van der Waals surface area contributed by atoms with Gasteiger partial charge in [0.05, 0.1) is 11.9 Å². The van der Waals surface area contributed by atoms with E-state index in [0.29, 0.717) is 18.0 Å². The van der Waals surface area contributed by atoms with Gasteiger partial charge in [0.25, 0.3) is 0 Å². The summed E-state index contributed by atoms with van der Waals surface area (Å²) < 4.78 is 0. The molecule has 1 aliphatic rings. The summed E-state index contributed by atoms with van der Waals surface area (Å²) in [5, 5.41) is 3.73. The van der Waals surface area contributed by atoms with Crippen LogP contribution in [-0.4, -0.2) is 30.2 Å². The van der Waals surface area contributed by atoms with Crippen molar-refractivity contribution in [2.45, 2.75) is 53.1 Å². The van der Waals surface area contributed by atoms with Crippen LogP contribution >= 0.6 is 0 Å². The van der Waals surface area contributed by atoms with E-state index in [-0.39, 0.29) is 0 Å². The first-order chi connectivity index (χ1) is 9.47. The van der Waals surface area contributed by atoms with Crippen molar-refractivity contribution in [3.63, 3.8) is 0 Å². The van der Waals surface area contributed by atoms with E-state index in [4.69, 9.17) is 0 Å². The highest BCUT2D eigenvalue weighted by molar-refractivity contribution is 5.48. The zero-order valence-corrected chi connectivity index (χ0v) is 13.6. The highest BCUT2D eigenvalue weighted by Crippen LogP contribution is 2.25. The van der Waals surface area contributed by atoms with Crippen LogP contribution in [0.2, 0.25) is 0 Å². The first-order valence-electron chi connectivity index (χ1n) is 7.89. The van der Waals surface area contributed by atoms with Gasteiger partial charge in [-0.25, -0.2) is 0 Å². The molecule has 3 nitrogen and oxygen atoms in total. The predicted octanol–water partition coefficient (Wildman–Crippen LogP) is 3.24. The molecule has 0 bridgehead atoms. The number of rotatable bonds is 4. The number of nitrogens with zero attached hydrogens (tertiary/aromatic N) is 2. The second-order valence-electron chi connectivity index (χ2n) is 6.92. The van der Waals surface area contributed by atoms with Gasteiger partial charge in [-0.05, 0) is 36.8 Å². The number of pyridine rings is 1. The largest absolute Gasteiger partial charge is 0.364 e. The van der Waals surface area contributed by atoms with Gasteiger partial charge in [0, 0.05) is 31.4 Å². The molecule has 112 valence electrons. The molecule has 0 spiro atoms. The normalized spacial score (nSPS) is 23.6. The SMILES string of the molecule is Cc1cncc(N2CC(CC(C)C)NCC2C(C)C)c1. The molecule has 2 heterocycles. The Morgan fingerprint density at radius 3 is 2.65 bits per heavy atom. The smallest absolute Gasteiger partial charge is 0.0558 e. The Labute approximate surface area is 123 Å². The summed E-state index contributed by atoms with van der Waals surface area (Å²) >= 11 is 0. The van der Waals surface area contributed by atoms with Gasteiger partial charge in [0.15, 0.2) is 0 Å². The molecule has 2 unspecified atom stereocenters. The Hall–Kier alpha value is -1.09. The summed E-state index contributed by atoms with van der Waals surface area (Å²) in [6.45, 7) is 13.5. The first kappa shape index (κ1) is 15.3. The topological polar surface area (TPSA) is 28.2 Å². The van der Waals surface area contributed by atoms with E-state index in [2.05, 4.69) is 55.9 Å². The zero-order chi connectivity index (χ0) is 14.7. The van der Waals surface area contributed by atoms with Crippen LogP contribution < -0.4 is 10.2 Å². The number of piperazine rings is 1. The summed E-state index contributed by atoms with van der Waals surface area (Å²) in [6, 6.07) is 3.41. The van der Waals surface area contributed by atoms with Gasteiger partial charge in [-0.3, -0.25) is 4.98 Å². The minimum atomic E-state index is 0.557. The molecule has 0 radical (unpaired) electrons. The number of nitrogens with one attached hydrogen (secondary N) is 1. The predicted molar refractivity (Wildman–Crippen MR) is 86.2 cm³/mol. The lowest BCUT2D eigenvalue weighted by Crippen LogP contribution is -2.58. The van der Waals surface area contributed by atoms with Crippen molar-refractivity contribution in [3.8, 4) is 0 Å². The monoisotopic (exact) mass is 275 g/mol. The quantitative estimate of drug-likeness (QED) is 0.914.